The molecule has 162 valence electrons. The third kappa shape index (κ3) is 6.02. The number of fused-ring (bicyclic) bond motifs is 1. The minimum absolute atomic E-state index is 0. The van der Waals surface area contributed by atoms with Gasteiger partial charge >= 0.3 is 0 Å². The highest BCUT2D eigenvalue weighted by atomic mass is 127. The standard InChI is InChI=1S/C20H28N8O.HI/c1-4-21-19(24-13-20(2,29)15-8-6-5-7-9-15)23-11-10-22-17-16-12-27-28(3)18(16)26-14-25-17;/h5-9,12,14,29H,4,10-11,13H2,1-3H3,(H2,21,23,24)(H,22,25,26);1H. The Labute approximate surface area is 193 Å². The highest BCUT2D eigenvalue weighted by Crippen LogP contribution is 2.20. The van der Waals surface area contributed by atoms with Gasteiger partial charge in [-0.15, -0.1) is 24.0 Å². The maximum absolute atomic E-state index is 10.7. The zero-order chi connectivity index (χ0) is 20.7. The first-order valence-electron chi connectivity index (χ1n) is 9.68. The number of nitrogens with one attached hydrogen (secondary N) is 3. The second kappa shape index (κ2) is 11.1. The summed E-state index contributed by atoms with van der Waals surface area (Å²) >= 11 is 0. The summed E-state index contributed by atoms with van der Waals surface area (Å²) in [4.78, 5) is 13.1. The summed E-state index contributed by atoms with van der Waals surface area (Å²) in [6.45, 7) is 6.03. The normalized spacial score (nSPS) is 13.4. The number of aromatic nitrogens is 4. The van der Waals surface area contributed by atoms with Crippen LogP contribution in [0.1, 0.15) is 19.4 Å². The van der Waals surface area contributed by atoms with Crippen LogP contribution in [0, 0.1) is 0 Å². The Balaban J connectivity index is 0.00000320. The van der Waals surface area contributed by atoms with Gasteiger partial charge in [0.2, 0.25) is 0 Å². The lowest BCUT2D eigenvalue weighted by Gasteiger charge is -2.22. The van der Waals surface area contributed by atoms with Crippen molar-refractivity contribution in [3.63, 3.8) is 0 Å². The van der Waals surface area contributed by atoms with Crippen molar-refractivity contribution in [1.82, 2.24) is 30.4 Å². The van der Waals surface area contributed by atoms with Gasteiger partial charge in [-0.05, 0) is 19.4 Å². The molecule has 0 radical (unpaired) electrons. The molecule has 1 unspecified atom stereocenters. The number of aliphatic hydroxyl groups is 1. The van der Waals surface area contributed by atoms with Crippen LogP contribution in [-0.2, 0) is 12.6 Å². The highest BCUT2D eigenvalue weighted by molar-refractivity contribution is 14.0. The van der Waals surface area contributed by atoms with Crippen molar-refractivity contribution in [3.05, 3.63) is 48.4 Å². The monoisotopic (exact) mass is 524 g/mol. The van der Waals surface area contributed by atoms with Gasteiger partial charge in [0, 0.05) is 26.7 Å². The van der Waals surface area contributed by atoms with Gasteiger partial charge in [-0.25, -0.2) is 15.0 Å². The number of aryl methyl sites for hydroxylation is 1. The van der Waals surface area contributed by atoms with Crippen LogP contribution < -0.4 is 16.0 Å². The zero-order valence-corrected chi connectivity index (χ0v) is 19.8. The summed E-state index contributed by atoms with van der Waals surface area (Å²) in [5, 5.41) is 25.6. The topological polar surface area (TPSA) is 112 Å². The molecule has 1 atom stereocenters. The van der Waals surface area contributed by atoms with E-state index in [4.69, 9.17) is 0 Å². The maximum Gasteiger partial charge on any atom is 0.191 e. The molecule has 4 N–H and O–H groups in total. The highest BCUT2D eigenvalue weighted by Gasteiger charge is 2.22. The Morgan fingerprint density at radius 1 is 1.17 bits per heavy atom. The number of halogens is 1. The van der Waals surface area contributed by atoms with Crippen LogP contribution in [0.3, 0.4) is 0 Å². The molecule has 0 saturated carbocycles. The molecular formula is C20H29IN8O. The molecule has 0 aliphatic heterocycles. The fraction of sp³-hybridized carbons (Fsp3) is 0.400. The van der Waals surface area contributed by atoms with Crippen molar-refractivity contribution < 1.29 is 5.11 Å². The van der Waals surface area contributed by atoms with Gasteiger partial charge in [-0.2, -0.15) is 5.10 Å². The Hall–Kier alpha value is -2.47. The average Bonchev–Trinajstić information content (AvgIpc) is 3.12. The zero-order valence-electron chi connectivity index (χ0n) is 17.5. The molecule has 1 aromatic carbocycles. The van der Waals surface area contributed by atoms with Gasteiger partial charge in [0.15, 0.2) is 11.6 Å². The fourth-order valence-electron chi connectivity index (χ4n) is 2.93. The summed E-state index contributed by atoms with van der Waals surface area (Å²) in [6, 6.07) is 9.56. The SMILES string of the molecule is CCNC(=NCC(C)(O)c1ccccc1)NCCNc1ncnc2c1cnn2C.I. The summed E-state index contributed by atoms with van der Waals surface area (Å²) in [6.07, 6.45) is 3.28. The van der Waals surface area contributed by atoms with Crippen molar-refractivity contribution in [3.8, 4) is 0 Å². The summed E-state index contributed by atoms with van der Waals surface area (Å²) in [7, 11) is 1.85. The fourth-order valence-corrected chi connectivity index (χ4v) is 2.93. The van der Waals surface area contributed by atoms with Crippen LogP contribution in [0.5, 0.6) is 0 Å². The van der Waals surface area contributed by atoms with E-state index in [1.54, 1.807) is 17.8 Å². The first kappa shape index (κ1) is 23.8. The Kier molecular flexibility index (Phi) is 8.78. The van der Waals surface area contributed by atoms with Crippen molar-refractivity contribution in [2.75, 3.05) is 31.5 Å². The third-order valence-electron chi connectivity index (χ3n) is 4.52. The number of hydrogen-bond acceptors (Lipinski definition) is 6. The molecular weight excluding hydrogens is 495 g/mol. The number of nitrogens with zero attached hydrogens (tertiary/aromatic N) is 5. The molecule has 0 amide bonds. The van der Waals surface area contributed by atoms with Crippen LogP contribution in [0.25, 0.3) is 11.0 Å². The van der Waals surface area contributed by atoms with E-state index >= 15 is 0 Å². The molecule has 0 spiro atoms. The van der Waals surface area contributed by atoms with E-state index in [2.05, 4.69) is 36.0 Å². The Morgan fingerprint density at radius 3 is 2.67 bits per heavy atom. The first-order chi connectivity index (χ1) is 14.0. The van der Waals surface area contributed by atoms with Crippen molar-refractivity contribution in [2.24, 2.45) is 12.0 Å². The second-order valence-corrected chi connectivity index (χ2v) is 6.92. The lowest BCUT2D eigenvalue weighted by molar-refractivity contribution is 0.0672. The number of guanidine groups is 1. The van der Waals surface area contributed by atoms with Crippen LogP contribution in [0.2, 0.25) is 0 Å². The van der Waals surface area contributed by atoms with Crippen molar-refractivity contribution >= 4 is 46.8 Å². The largest absolute Gasteiger partial charge is 0.384 e. The Bertz CT molecular complexity index is 958. The van der Waals surface area contributed by atoms with Gasteiger partial charge in [-0.3, -0.25) is 4.68 Å². The van der Waals surface area contributed by atoms with Gasteiger partial charge in [0.25, 0.3) is 0 Å². The molecule has 0 saturated heterocycles. The maximum atomic E-state index is 10.7. The first-order valence-corrected chi connectivity index (χ1v) is 9.68. The van der Waals surface area contributed by atoms with Gasteiger partial charge in [0.05, 0.1) is 18.1 Å². The number of rotatable bonds is 8. The van der Waals surface area contributed by atoms with Crippen LogP contribution in [0.15, 0.2) is 47.8 Å². The molecule has 30 heavy (non-hydrogen) atoms. The molecule has 0 aliphatic carbocycles. The number of anilines is 1. The van der Waals surface area contributed by atoms with Gasteiger partial charge in [-0.1, -0.05) is 30.3 Å². The predicted octanol–water partition coefficient (Wildman–Crippen LogP) is 1.86. The average molecular weight is 524 g/mol. The van der Waals surface area contributed by atoms with Gasteiger partial charge < -0.3 is 21.1 Å². The van der Waals surface area contributed by atoms with E-state index in [0.29, 0.717) is 19.0 Å². The van der Waals surface area contributed by atoms with Crippen LogP contribution >= 0.6 is 24.0 Å². The minimum atomic E-state index is -1.03. The predicted molar refractivity (Wildman–Crippen MR) is 130 cm³/mol. The smallest absolute Gasteiger partial charge is 0.191 e. The number of aliphatic imine (C=N–C) groups is 1. The lowest BCUT2D eigenvalue weighted by atomic mass is 9.96. The van der Waals surface area contributed by atoms with E-state index in [0.717, 1.165) is 29.0 Å². The molecule has 3 aromatic rings. The quantitative estimate of drug-likeness (QED) is 0.154. The van der Waals surface area contributed by atoms with Crippen LogP contribution in [-0.4, -0.2) is 57.0 Å². The van der Waals surface area contributed by atoms with Crippen molar-refractivity contribution in [1.29, 1.82) is 0 Å². The molecule has 9 nitrogen and oxygen atoms in total. The van der Waals surface area contributed by atoms with E-state index in [1.807, 2.05) is 44.3 Å². The van der Waals surface area contributed by atoms with Crippen LogP contribution in [0.4, 0.5) is 5.82 Å². The second-order valence-electron chi connectivity index (χ2n) is 6.92. The molecule has 2 heterocycles. The van der Waals surface area contributed by atoms with E-state index in [-0.39, 0.29) is 30.5 Å². The molecule has 0 fully saturated rings. The molecule has 0 bridgehead atoms. The third-order valence-corrected chi connectivity index (χ3v) is 4.52. The van der Waals surface area contributed by atoms with E-state index < -0.39 is 5.60 Å². The molecule has 2 aromatic heterocycles. The van der Waals surface area contributed by atoms with E-state index in [1.165, 1.54) is 6.33 Å². The molecule has 3 rings (SSSR count). The minimum Gasteiger partial charge on any atom is -0.384 e. The van der Waals surface area contributed by atoms with E-state index in [9.17, 15) is 5.11 Å². The summed E-state index contributed by atoms with van der Waals surface area (Å²) < 4.78 is 1.72. The van der Waals surface area contributed by atoms with Crippen molar-refractivity contribution in [2.45, 2.75) is 19.4 Å². The molecule has 10 heteroatoms. The molecule has 0 aliphatic rings. The number of benzene rings is 1. The lowest BCUT2D eigenvalue weighted by Crippen LogP contribution is -2.40. The summed E-state index contributed by atoms with van der Waals surface area (Å²) in [5.74, 6) is 1.40. The Morgan fingerprint density at radius 2 is 1.93 bits per heavy atom. The number of hydrogen-bond donors (Lipinski definition) is 4. The van der Waals surface area contributed by atoms with Gasteiger partial charge in [0.1, 0.15) is 17.7 Å². The summed E-state index contributed by atoms with van der Waals surface area (Å²) in [5.41, 5.74) is 0.591.